The van der Waals surface area contributed by atoms with Crippen LogP contribution in [0, 0.1) is 5.41 Å². The lowest BCUT2D eigenvalue weighted by molar-refractivity contribution is -0.107. The summed E-state index contributed by atoms with van der Waals surface area (Å²) in [6.07, 6.45) is 13.0. The van der Waals surface area contributed by atoms with Crippen LogP contribution in [0.5, 0.6) is 0 Å². The molecule has 0 radical (unpaired) electrons. The van der Waals surface area contributed by atoms with E-state index in [2.05, 4.69) is 56.2 Å². The van der Waals surface area contributed by atoms with Crippen molar-refractivity contribution in [2.45, 2.75) is 62.6 Å². The van der Waals surface area contributed by atoms with E-state index in [-0.39, 0.29) is 14.9 Å². The Morgan fingerprint density at radius 2 is 1.83 bits per heavy atom. The van der Waals surface area contributed by atoms with Gasteiger partial charge in [-0.15, -0.1) is 16.4 Å². The highest BCUT2D eigenvalue weighted by atomic mass is 79.9. The van der Waals surface area contributed by atoms with E-state index in [0.29, 0.717) is 15.5 Å². The lowest BCUT2D eigenvalue weighted by Crippen LogP contribution is -2.35. The van der Waals surface area contributed by atoms with Crippen LogP contribution in [-0.4, -0.2) is 37.6 Å². The second-order valence-electron chi connectivity index (χ2n) is 7.07. The number of hydrogen-bond acceptors (Lipinski definition) is 3. The normalized spacial score (nSPS) is 19.3. The van der Waals surface area contributed by atoms with Gasteiger partial charge in [0.2, 0.25) is 5.12 Å². The summed E-state index contributed by atoms with van der Waals surface area (Å²) >= 11 is 10.1. The Labute approximate surface area is 162 Å². The topological polar surface area (TPSA) is 17.1 Å². The van der Waals surface area contributed by atoms with Gasteiger partial charge in [0, 0.05) is 21.2 Å². The summed E-state index contributed by atoms with van der Waals surface area (Å²) in [6.45, 7) is 9.06. The Balaban J connectivity index is 2.77. The first-order chi connectivity index (χ1) is 10.5. The molecule has 1 rings (SSSR count). The third-order valence-electron chi connectivity index (χ3n) is 4.29. The van der Waals surface area contributed by atoms with Crippen LogP contribution in [0.25, 0.3) is 0 Å². The molecule has 2 atom stereocenters. The molecule has 0 aromatic carbocycles. The fraction of sp³-hybridized carbons (Fsp3) is 0.647. The van der Waals surface area contributed by atoms with E-state index in [1.807, 2.05) is 6.08 Å². The molecule has 0 saturated heterocycles. The number of halogens is 1. The van der Waals surface area contributed by atoms with Crippen molar-refractivity contribution in [3.8, 4) is 0 Å². The van der Waals surface area contributed by atoms with Gasteiger partial charge in [-0.3, -0.25) is 4.79 Å². The zero-order chi connectivity index (χ0) is 17.8. The third-order valence-corrected chi connectivity index (χ3v) is 9.00. The molecular weight excluding hydrogens is 426 g/mol. The summed E-state index contributed by atoms with van der Waals surface area (Å²) < 4.78 is 0.771. The van der Waals surface area contributed by atoms with Gasteiger partial charge >= 0.3 is 0 Å². The Hall–Kier alpha value is 0.670. The van der Waals surface area contributed by atoms with Crippen molar-refractivity contribution in [2.75, 3.05) is 0 Å². The van der Waals surface area contributed by atoms with Gasteiger partial charge in [-0.05, 0) is 56.4 Å². The predicted octanol–water partition coefficient (Wildman–Crippen LogP) is 6.38. The average Bonchev–Trinajstić information content (AvgIpc) is 2.73. The van der Waals surface area contributed by atoms with Gasteiger partial charge in [-0.2, -0.15) is 0 Å². The first-order valence-electron chi connectivity index (χ1n) is 7.58. The average molecular weight is 451 g/mol. The summed E-state index contributed by atoms with van der Waals surface area (Å²) in [6, 6.07) is 0. The molecule has 0 bridgehead atoms. The predicted molar refractivity (Wildman–Crippen MR) is 120 cm³/mol. The lowest BCUT2D eigenvalue weighted by Gasteiger charge is -2.38. The molecule has 0 aliphatic carbocycles. The maximum atomic E-state index is 11.9. The number of carbonyl (C=O) groups excluding carboxylic acids is 1. The molecule has 2 unspecified atom stereocenters. The van der Waals surface area contributed by atoms with Crippen LogP contribution in [0.2, 0.25) is 0 Å². The summed E-state index contributed by atoms with van der Waals surface area (Å²) in [7, 11) is 2.31. The second kappa shape index (κ2) is 8.86. The van der Waals surface area contributed by atoms with Gasteiger partial charge in [0.05, 0.1) is 4.20 Å². The van der Waals surface area contributed by atoms with Crippen LogP contribution in [0.1, 0.15) is 47.0 Å². The maximum Gasteiger partial charge on any atom is 0.220 e. The van der Waals surface area contributed by atoms with Crippen molar-refractivity contribution in [1.29, 1.82) is 0 Å². The van der Waals surface area contributed by atoms with Gasteiger partial charge in [-0.25, -0.2) is 0 Å². The molecule has 0 spiro atoms. The number of thiocarbonyl (C=S) groups is 1. The molecule has 6 heteroatoms. The number of rotatable bonds is 9. The van der Waals surface area contributed by atoms with Crippen molar-refractivity contribution in [3.05, 3.63) is 11.6 Å². The minimum absolute atomic E-state index is 0.0724. The SMILES string of the molecule is C=PC(CC(C)(C)C(CCC1=CC(=S)SC1=O)P=C)C(C)(C)Br. The molecule has 23 heavy (non-hydrogen) atoms. The quantitative estimate of drug-likeness (QED) is 0.230. The molecule has 1 aliphatic rings. The van der Waals surface area contributed by atoms with Gasteiger partial charge in [-0.1, -0.05) is 54.6 Å². The van der Waals surface area contributed by atoms with Crippen molar-refractivity contribution in [2.24, 2.45) is 5.41 Å². The zero-order valence-corrected chi connectivity index (χ0v) is 19.3. The Kier molecular flexibility index (Phi) is 8.36. The van der Waals surface area contributed by atoms with E-state index in [0.717, 1.165) is 33.0 Å². The smallest absolute Gasteiger partial charge is 0.220 e. The molecule has 1 aliphatic heterocycles. The molecular formula is C17H25BrOP2S2. The zero-order valence-electron chi connectivity index (χ0n) is 14.3. The molecule has 0 N–H and O–H groups in total. The van der Waals surface area contributed by atoms with E-state index in [1.165, 1.54) is 20.0 Å². The van der Waals surface area contributed by atoms with Crippen LogP contribution >= 0.6 is 56.3 Å². The highest BCUT2D eigenvalue weighted by molar-refractivity contribution is 9.10. The van der Waals surface area contributed by atoms with Gasteiger partial charge in [0.25, 0.3) is 0 Å². The number of alkyl halides is 1. The number of carbonyl (C=O) groups is 1. The summed E-state index contributed by atoms with van der Waals surface area (Å²) in [5.74, 6) is 0. The van der Waals surface area contributed by atoms with E-state index < -0.39 is 0 Å². The standard InChI is InChI=1S/C17H25BrOP2S2/c1-16(2,10-13(21-6)17(3,4)18)12(20-5)8-7-11-9-14(22)23-15(11)19/h9,12-13H,5-8,10H2,1-4H3. The van der Waals surface area contributed by atoms with E-state index in [4.69, 9.17) is 12.2 Å². The van der Waals surface area contributed by atoms with Crippen molar-refractivity contribution < 1.29 is 4.79 Å². The fourth-order valence-electron chi connectivity index (χ4n) is 2.74. The van der Waals surface area contributed by atoms with Crippen molar-refractivity contribution in [1.82, 2.24) is 0 Å². The number of thioether (sulfide) groups is 1. The molecule has 1 heterocycles. The Morgan fingerprint density at radius 1 is 1.26 bits per heavy atom. The first-order valence-corrected chi connectivity index (χ1v) is 11.9. The van der Waals surface area contributed by atoms with Gasteiger partial charge in [0.15, 0.2) is 0 Å². The largest absolute Gasteiger partial charge is 0.282 e. The molecule has 128 valence electrons. The van der Waals surface area contributed by atoms with Crippen LogP contribution < -0.4 is 0 Å². The van der Waals surface area contributed by atoms with Gasteiger partial charge < -0.3 is 0 Å². The molecule has 0 aromatic heterocycles. The Bertz CT molecular complexity index is 535. The van der Waals surface area contributed by atoms with Crippen molar-refractivity contribution in [3.63, 3.8) is 0 Å². The van der Waals surface area contributed by atoms with Crippen LogP contribution in [0.3, 0.4) is 0 Å². The maximum absolute atomic E-state index is 11.9. The molecule has 0 fully saturated rings. The Morgan fingerprint density at radius 3 is 2.22 bits per heavy atom. The molecule has 0 amide bonds. The highest BCUT2D eigenvalue weighted by Gasteiger charge is 2.35. The summed E-state index contributed by atoms with van der Waals surface area (Å²) in [4.78, 5) is 11.9. The van der Waals surface area contributed by atoms with Crippen LogP contribution in [0.4, 0.5) is 0 Å². The lowest BCUT2D eigenvalue weighted by atomic mass is 9.79. The van der Waals surface area contributed by atoms with E-state index in [1.54, 1.807) is 0 Å². The summed E-state index contributed by atoms with van der Waals surface area (Å²) in [5, 5.41) is 0.128. The number of hydrogen-bond donors (Lipinski definition) is 0. The highest BCUT2D eigenvalue weighted by Crippen LogP contribution is 2.44. The van der Waals surface area contributed by atoms with Crippen molar-refractivity contribution >= 4 is 78.2 Å². The molecule has 0 aromatic rings. The first kappa shape index (κ1) is 21.7. The minimum atomic E-state index is 0.0724. The summed E-state index contributed by atoms with van der Waals surface area (Å²) in [5.41, 5.74) is 1.96. The monoisotopic (exact) mass is 450 g/mol. The van der Waals surface area contributed by atoms with E-state index >= 15 is 0 Å². The van der Waals surface area contributed by atoms with E-state index in [9.17, 15) is 4.79 Å². The van der Waals surface area contributed by atoms with Gasteiger partial charge in [0.1, 0.15) is 0 Å². The molecule has 1 nitrogen and oxygen atoms in total. The fourth-order valence-corrected chi connectivity index (χ4v) is 6.33. The minimum Gasteiger partial charge on any atom is -0.282 e. The second-order valence-corrected chi connectivity index (χ2v) is 12.8. The van der Waals surface area contributed by atoms with Crippen LogP contribution in [-0.2, 0) is 4.79 Å². The van der Waals surface area contributed by atoms with Crippen LogP contribution in [0.15, 0.2) is 11.6 Å². The third kappa shape index (κ3) is 6.48. The molecule has 0 saturated carbocycles.